The van der Waals surface area contributed by atoms with Crippen LogP contribution in [0.4, 0.5) is 5.69 Å². The van der Waals surface area contributed by atoms with Crippen LogP contribution in [-0.4, -0.2) is 34.2 Å². The fraction of sp³-hybridized carbons (Fsp3) is 0.533. The van der Waals surface area contributed by atoms with Crippen molar-refractivity contribution in [3.05, 3.63) is 29.8 Å². The molecule has 0 saturated carbocycles. The summed E-state index contributed by atoms with van der Waals surface area (Å²) in [6.07, 6.45) is 2.22. The maximum Gasteiger partial charge on any atom is 0.220 e. The lowest BCUT2D eigenvalue weighted by molar-refractivity contribution is -0.122. The predicted molar refractivity (Wildman–Crippen MR) is 81.3 cm³/mol. The van der Waals surface area contributed by atoms with Gasteiger partial charge in [-0.3, -0.25) is 9.00 Å². The van der Waals surface area contributed by atoms with Gasteiger partial charge in [0, 0.05) is 52.9 Å². The number of anilines is 1. The molecule has 4 nitrogen and oxygen atoms in total. The van der Waals surface area contributed by atoms with Gasteiger partial charge < -0.3 is 10.6 Å². The molecule has 2 aliphatic heterocycles. The molecule has 1 fully saturated rings. The van der Waals surface area contributed by atoms with E-state index in [9.17, 15) is 9.00 Å². The minimum atomic E-state index is -0.671. The maximum atomic E-state index is 12.1. The Morgan fingerprint density at radius 1 is 1.30 bits per heavy atom. The van der Waals surface area contributed by atoms with Gasteiger partial charge in [-0.05, 0) is 24.5 Å². The first-order valence-corrected chi connectivity index (χ1v) is 8.68. The number of amides is 1. The summed E-state index contributed by atoms with van der Waals surface area (Å²) >= 11 is 0. The number of hydrogen-bond acceptors (Lipinski definition) is 3. The monoisotopic (exact) mass is 292 g/mol. The Morgan fingerprint density at radius 2 is 2.05 bits per heavy atom. The number of nitrogens with one attached hydrogen (secondary N) is 2. The van der Waals surface area contributed by atoms with E-state index in [4.69, 9.17) is 0 Å². The number of carbonyl (C=O) groups excluding carboxylic acids is 1. The van der Waals surface area contributed by atoms with Gasteiger partial charge in [-0.25, -0.2) is 0 Å². The number of hydrogen-bond donors (Lipinski definition) is 2. The molecule has 1 aromatic rings. The van der Waals surface area contributed by atoms with Gasteiger partial charge in [0.1, 0.15) is 0 Å². The Balaban J connectivity index is 1.54. The largest absolute Gasteiger partial charge is 0.384 e. The standard InChI is InChI=1S/C15H20N2O2S/c18-15(17-12-5-7-20(19)8-6-12)9-11-10-16-14-4-2-1-3-13(11)14/h1-4,11-12,16H,5-10H2,(H,17,18). The second-order valence-electron chi connectivity index (χ2n) is 5.56. The summed E-state index contributed by atoms with van der Waals surface area (Å²) in [6.45, 7) is 0.835. The molecule has 2 heterocycles. The lowest BCUT2D eigenvalue weighted by atomic mass is 9.97. The fourth-order valence-electron chi connectivity index (χ4n) is 2.99. The van der Waals surface area contributed by atoms with Crippen LogP contribution in [0.1, 0.15) is 30.7 Å². The Hall–Kier alpha value is -1.36. The molecular formula is C15H20N2O2S. The third kappa shape index (κ3) is 3.03. The molecule has 0 spiro atoms. The quantitative estimate of drug-likeness (QED) is 0.890. The van der Waals surface area contributed by atoms with E-state index in [2.05, 4.69) is 22.8 Å². The minimum Gasteiger partial charge on any atom is -0.384 e. The molecule has 1 aromatic carbocycles. The van der Waals surface area contributed by atoms with Crippen LogP contribution in [0.3, 0.4) is 0 Å². The van der Waals surface area contributed by atoms with Crippen molar-refractivity contribution in [2.75, 3.05) is 23.4 Å². The van der Waals surface area contributed by atoms with Crippen molar-refractivity contribution < 1.29 is 9.00 Å². The first-order chi connectivity index (χ1) is 9.72. The highest BCUT2D eigenvalue weighted by Crippen LogP contribution is 2.33. The van der Waals surface area contributed by atoms with E-state index in [-0.39, 0.29) is 17.9 Å². The van der Waals surface area contributed by atoms with E-state index in [1.54, 1.807) is 0 Å². The highest BCUT2D eigenvalue weighted by atomic mass is 32.2. The smallest absolute Gasteiger partial charge is 0.220 e. The maximum absolute atomic E-state index is 12.1. The van der Waals surface area contributed by atoms with Crippen LogP contribution < -0.4 is 10.6 Å². The van der Waals surface area contributed by atoms with E-state index in [1.165, 1.54) is 5.56 Å². The van der Waals surface area contributed by atoms with E-state index >= 15 is 0 Å². The summed E-state index contributed by atoms with van der Waals surface area (Å²) in [7, 11) is -0.671. The normalized spacial score (nSPS) is 28.5. The molecule has 1 amide bonds. The summed E-state index contributed by atoms with van der Waals surface area (Å²) in [5.74, 6) is 1.83. The number of carbonyl (C=O) groups is 1. The zero-order valence-electron chi connectivity index (χ0n) is 11.4. The van der Waals surface area contributed by atoms with Gasteiger partial charge in [0.25, 0.3) is 0 Å². The van der Waals surface area contributed by atoms with Crippen LogP contribution in [-0.2, 0) is 15.6 Å². The van der Waals surface area contributed by atoms with Gasteiger partial charge in [0.15, 0.2) is 0 Å². The topological polar surface area (TPSA) is 58.2 Å². The Bertz CT molecular complexity index is 522. The lowest BCUT2D eigenvalue weighted by Gasteiger charge is -2.23. The zero-order valence-corrected chi connectivity index (χ0v) is 12.2. The van der Waals surface area contributed by atoms with Crippen LogP contribution in [0.25, 0.3) is 0 Å². The van der Waals surface area contributed by atoms with Gasteiger partial charge in [-0.2, -0.15) is 0 Å². The summed E-state index contributed by atoms with van der Waals surface area (Å²) in [4.78, 5) is 12.1. The number of rotatable bonds is 3. The summed E-state index contributed by atoms with van der Waals surface area (Å²) < 4.78 is 11.3. The number of para-hydroxylation sites is 1. The van der Waals surface area contributed by atoms with Gasteiger partial charge >= 0.3 is 0 Å². The van der Waals surface area contributed by atoms with Gasteiger partial charge in [0.2, 0.25) is 5.91 Å². The second-order valence-corrected chi connectivity index (χ2v) is 7.26. The molecular weight excluding hydrogens is 272 g/mol. The average Bonchev–Trinajstić information content (AvgIpc) is 2.85. The minimum absolute atomic E-state index is 0.117. The van der Waals surface area contributed by atoms with Crippen molar-refractivity contribution in [2.24, 2.45) is 0 Å². The van der Waals surface area contributed by atoms with E-state index in [0.717, 1.165) is 36.6 Å². The molecule has 3 rings (SSSR count). The summed E-state index contributed by atoms with van der Waals surface area (Å²) in [5, 5.41) is 6.44. The zero-order chi connectivity index (χ0) is 13.9. The van der Waals surface area contributed by atoms with Crippen LogP contribution in [0.2, 0.25) is 0 Å². The summed E-state index contributed by atoms with van der Waals surface area (Å²) in [5.41, 5.74) is 2.39. The van der Waals surface area contributed by atoms with Crippen molar-refractivity contribution >= 4 is 22.4 Å². The molecule has 1 saturated heterocycles. The Labute approximate surface area is 121 Å². The number of fused-ring (bicyclic) bond motifs is 1. The number of benzene rings is 1. The highest BCUT2D eigenvalue weighted by Gasteiger charge is 2.25. The van der Waals surface area contributed by atoms with Crippen molar-refractivity contribution in [1.29, 1.82) is 0 Å². The molecule has 108 valence electrons. The molecule has 0 radical (unpaired) electrons. The molecule has 1 atom stereocenters. The average molecular weight is 292 g/mol. The molecule has 0 bridgehead atoms. The SMILES string of the molecule is O=C(CC1CNc2ccccc21)NC1CCS(=O)CC1. The van der Waals surface area contributed by atoms with Gasteiger partial charge in [-0.15, -0.1) is 0 Å². The van der Waals surface area contributed by atoms with Crippen molar-refractivity contribution in [3.63, 3.8) is 0 Å². The third-order valence-electron chi connectivity index (χ3n) is 4.12. The predicted octanol–water partition coefficient (Wildman–Crippen LogP) is 1.61. The molecule has 0 aliphatic carbocycles. The molecule has 0 aromatic heterocycles. The van der Waals surface area contributed by atoms with E-state index < -0.39 is 10.8 Å². The highest BCUT2D eigenvalue weighted by molar-refractivity contribution is 7.85. The van der Waals surface area contributed by atoms with Gasteiger partial charge in [0.05, 0.1) is 0 Å². The molecule has 2 aliphatic rings. The second kappa shape index (κ2) is 5.95. The van der Waals surface area contributed by atoms with Crippen LogP contribution in [0, 0.1) is 0 Å². The van der Waals surface area contributed by atoms with E-state index in [0.29, 0.717) is 6.42 Å². The molecule has 20 heavy (non-hydrogen) atoms. The molecule has 5 heteroatoms. The van der Waals surface area contributed by atoms with Crippen molar-refractivity contribution in [2.45, 2.75) is 31.2 Å². The third-order valence-corrected chi connectivity index (χ3v) is 5.51. The molecule has 2 N–H and O–H groups in total. The Morgan fingerprint density at radius 3 is 2.85 bits per heavy atom. The lowest BCUT2D eigenvalue weighted by Crippen LogP contribution is -2.40. The first-order valence-electron chi connectivity index (χ1n) is 7.19. The molecule has 1 unspecified atom stereocenters. The van der Waals surface area contributed by atoms with Crippen LogP contribution in [0.15, 0.2) is 24.3 Å². The van der Waals surface area contributed by atoms with Crippen LogP contribution in [0.5, 0.6) is 0 Å². The van der Waals surface area contributed by atoms with Crippen LogP contribution >= 0.6 is 0 Å². The summed E-state index contributed by atoms with van der Waals surface area (Å²) in [6, 6.07) is 8.40. The van der Waals surface area contributed by atoms with Crippen molar-refractivity contribution in [3.8, 4) is 0 Å². The van der Waals surface area contributed by atoms with E-state index in [1.807, 2.05) is 12.1 Å². The van der Waals surface area contributed by atoms with Crippen molar-refractivity contribution in [1.82, 2.24) is 5.32 Å². The Kier molecular flexibility index (Phi) is 4.05. The fourth-order valence-corrected chi connectivity index (χ4v) is 4.29. The first kappa shape index (κ1) is 13.6. The van der Waals surface area contributed by atoms with Gasteiger partial charge in [-0.1, -0.05) is 18.2 Å².